The van der Waals surface area contributed by atoms with E-state index in [4.69, 9.17) is 5.73 Å². The van der Waals surface area contributed by atoms with Gasteiger partial charge in [-0.15, -0.1) is 0 Å². The van der Waals surface area contributed by atoms with Crippen molar-refractivity contribution in [1.29, 1.82) is 0 Å². The number of sulfone groups is 1. The first kappa shape index (κ1) is 27.6. The Morgan fingerprint density at radius 1 is 1.09 bits per heavy atom. The molecule has 1 heterocycles. The van der Waals surface area contributed by atoms with Crippen LogP contribution < -0.4 is 15.4 Å². The lowest BCUT2D eigenvalue weighted by Crippen LogP contribution is -2.38. The number of amides is 2. The quantitative estimate of drug-likeness (QED) is 0.250. The molecule has 2 amide bonds. The largest absolute Gasteiger partial charge is 0.361 e. The van der Waals surface area contributed by atoms with E-state index in [0.29, 0.717) is 17.8 Å². The van der Waals surface area contributed by atoms with Gasteiger partial charge in [-0.25, -0.2) is 31.4 Å². The van der Waals surface area contributed by atoms with Crippen molar-refractivity contribution in [3.05, 3.63) is 35.5 Å². The van der Waals surface area contributed by atoms with Crippen LogP contribution in [0.1, 0.15) is 48.7 Å². The Kier molecular flexibility index (Phi) is 9.05. The molecule has 186 valence electrons. The molecule has 2 rings (SSSR count). The van der Waals surface area contributed by atoms with Gasteiger partial charge in [0.25, 0.3) is 0 Å². The van der Waals surface area contributed by atoms with Crippen molar-refractivity contribution in [2.24, 2.45) is 5.73 Å². The molecule has 0 fully saturated rings. The van der Waals surface area contributed by atoms with Crippen molar-refractivity contribution in [3.8, 4) is 0 Å². The van der Waals surface area contributed by atoms with Gasteiger partial charge in [0.2, 0.25) is 10.0 Å². The maximum absolute atomic E-state index is 12.9. The number of nitrogens with zero attached hydrogens (tertiary/aromatic N) is 2. The fourth-order valence-electron chi connectivity index (χ4n) is 3.01. The summed E-state index contributed by atoms with van der Waals surface area (Å²) in [6.07, 6.45) is 4.37. The highest BCUT2D eigenvalue weighted by atomic mass is 32.2. The van der Waals surface area contributed by atoms with Crippen molar-refractivity contribution in [2.75, 3.05) is 17.4 Å². The van der Waals surface area contributed by atoms with Crippen LogP contribution in [0.25, 0.3) is 0 Å². The predicted molar refractivity (Wildman–Crippen MR) is 128 cm³/mol. The minimum Gasteiger partial charge on any atom is -0.361 e. The first-order chi connectivity index (χ1) is 15.8. The lowest BCUT2D eigenvalue weighted by molar-refractivity contribution is -0.135. The van der Waals surface area contributed by atoms with E-state index in [1.165, 1.54) is 18.2 Å². The summed E-state index contributed by atoms with van der Waals surface area (Å²) < 4.78 is 49.5. The number of hydrogen-bond donors (Lipinski definition) is 2. The summed E-state index contributed by atoms with van der Waals surface area (Å²) in [5.41, 5.74) is 5.23. The zero-order valence-corrected chi connectivity index (χ0v) is 21.3. The molecule has 0 aliphatic heterocycles. The maximum atomic E-state index is 12.9. The Balaban J connectivity index is 2.66. The van der Waals surface area contributed by atoms with Crippen LogP contribution in [0.3, 0.4) is 0 Å². The van der Waals surface area contributed by atoms with E-state index in [-0.39, 0.29) is 38.5 Å². The van der Waals surface area contributed by atoms with Crippen LogP contribution in [-0.2, 0) is 36.0 Å². The Bertz CT molecular complexity index is 1300. The number of unbranched alkanes of at least 4 members (excludes halogenated alkanes) is 2. The van der Waals surface area contributed by atoms with Crippen molar-refractivity contribution in [1.82, 2.24) is 9.71 Å². The minimum atomic E-state index is -3.88. The third-order valence-corrected chi connectivity index (χ3v) is 8.16. The number of thiazole rings is 1. The highest BCUT2D eigenvalue weighted by molar-refractivity contribution is 7.93. The second-order valence-electron chi connectivity index (χ2n) is 7.50. The first-order valence-corrected chi connectivity index (χ1v) is 14.8. The molecule has 0 aliphatic carbocycles. The predicted octanol–water partition coefficient (Wildman–Crippen LogP) is 1.51. The minimum absolute atomic E-state index is 0.0178. The molecule has 3 N–H and O–H groups in total. The van der Waals surface area contributed by atoms with Crippen LogP contribution in [0.15, 0.2) is 28.5 Å². The summed E-state index contributed by atoms with van der Waals surface area (Å²) in [7, 11) is -7.57. The zero-order valence-electron chi connectivity index (χ0n) is 18.9. The molecule has 0 bridgehead atoms. The van der Waals surface area contributed by atoms with Crippen LogP contribution in [-0.4, -0.2) is 51.9 Å². The molecular weight excluding hydrogens is 504 g/mol. The smallest absolute Gasteiger partial charge is 0.322 e. The van der Waals surface area contributed by atoms with Gasteiger partial charge in [0, 0.05) is 18.2 Å². The van der Waals surface area contributed by atoms with Gasteiger partial charge in [-0.1, -0.05) is 43.2 Å². The summed E-state index contributed by atoms with van der Waals surface area (Å²) in [5.74, 6) is -2.85. The standard InChI is InChI=1S/C20H26N4O7S3/c1-4-5-6-11-16(25)13-9-7-8-10-15(13)24(18(27)17(21)26)20-23-14(12-22-34(3,30)31)19(32-20)33(2,28)29/h7-10,22H,4-6,11-12H2,1-3H3,(H2,21,26). The number of sulfonamides is 1. The summed E-state index contributed by atoms with van der Waals surface area (Å²) in [4.78, 5) is 42.4. The zero-order chi connectivity index (χ0) is 25.7. The van der Waals surface area contributed by atoms with Crippen molar-refractivity contribution in [3.63, 3.8) is 0 Å². The number of hydrogen-bond acceptors (Lipinski definition) is 9. The number of rotatable bonds is 11. The normalized spacial score (nSPS) is 11.9. The van der Waals surface area contributed by atoms with Crippen molar-refractivity contribution in [2.45, 2.75) is 43.4 Å². The molecule has 0 atom stereocenters. The van der Waals surface area contributed by atoms with Gasteiger partial charge in [-0.3, -0.25) is 14.4 Å². The Labute approximate surface area is 202 Å². The van der Waals surface area contributed by atoms with Gasteiger partial charge in [0.1, 0.15) is 4.21 Å². The lowest BCUT2D eigenvalue weighted by atomic mass is 10.0. The van der Waals surface area contributed by atoms with E-state index in [1.807, 2.05) is 6.92 Å². The number of aromatic nitrogens is 1. The molecule has 0 radical (unpaired) electrons. The van der Waals surface area contributed by atoms with Gasteiger partial charge >= 0.3 is 11.8 Å². The van der Waals surface area contributed by atoms with E-state index in [1.54, 1.807) is 6.07 Å². The number of para-hydroxylation sites is 1. The number of nitrogens with two attached hydrogens (primary N) is 1. The SMILES string of the molecule is CCCCCC(=O)c1ccccc1N(C(=O)C(N)=O)c1nc(CNS(C)(=O)=O)c(S(C)(=O)=O)s1. The monoisotopic (exact) mass is 530 g/mol. The fraction of sp³-hybridized carbons (Fsp3) is 0.400. The molecule has 0 spiro atoms. The van der Waals surface area contributed by atoms with Crippen LogP contribution in [0.2, 0.25) is 0 Å². The summed E-state index contributed by atoms with van der Waals surface area (Å²) in [6.45, 7) is 1.53. The Morgan fingerprint density at radius 3 is 2.29 bits per heavy atom. The Morgan fingerprint density at radius 2 is 1.74 bits per heavy atom. The van der Waals surface area contributed by atoms with Crippen molar-refractivity contribution < 1.29 is 31.2 Å². The second kappa shape index (κ2) is 11.2. The van der Waals surface area contributed by atoms with Crippen LogP contribution in [0.4, 0.5) is 10.8 Å². The van der Waals surface area contributed by atoms with E-state index in [2.05, 4.69) is 9.71 Å². The van der Waals surface area contributed by atoms with Gasteiger partial charge in [-0.05, 0) is 18.6 Å². The number of Topliss-reactive ketones (excluding diaryl/α,β-unsaturated/α-hetero) is 1. The van der Waals surface area contributed by atoms with E-state index in [9.17, 15) is 31.2 Å². The highest BCUT2D eigenvalue weighted by Gasteiger charge is 2.31. The number of primary amides is 1. The Hall–Kier alpha value is -2.68. The second-order valence-corrected chi connectivity index (χ2v) is 12.5. The summed E-state index contributed by atoms with van der Waals surface area (Å²) >= 11 is 0.560. The van der Waals surface area contributed by atoms with Crippen LogP contribution >= 0.6 is 11.3 Å². The van der Waals surface area contributed by atoms with Crippen molar-refractivity contribution >= 4 is 59.6 Å². The number of nitrogens with one attached hydrogen (secondary N) is 1. The number of carbonyl (C=O) groups is 3. The van der Waals surface area contributed by atoms with Crippen LogP contribution in [0.5, 0.6) is 0 Å². The molecule has 11 nitrogen and oxygen atoms in total. The number of ketones is 1. The van der Waals surface area contributed by atoms with E-state index < -0.39 is 38.2 Å². The third-order valence-electron chi connectivity index (χ3n) is 4.55. The van der Waals surface area contributed by atoms with E-state index in [0.717, 1.165) is 30.3 Å². The molecule has 0 aliphatic rings. The maximum Gasteiger partial charge on any atom is 0.322 e. The number of carbonyl (C=O) groups excluding carboxylic acids is 3. The van der Waals surface area contributed by atoms with Gasteiger partial charge in [0.15, 0.2) is 20.8 Å². The molecule has 0 saturated carbocycles. The molecular formula is C20H26N4O7S3. The highest BCUT2D eigenvalue weighted by Crippen LogP contribution is 2.36. The van der Waals surface area contributed by atoms with Crippen LogP contribution in [0, 0.1) is 0 Å². The molecule has 0 saturated heterocycles. The number of benzene rings is 1. The van der Waals surface area contributed by atoms with Gasteiger partial charge in [-0.2, -0.15) is 0 Å². The molecule has 2 aromatic rings. The lowest BCUT2D eigenvalue weighted by Gasteiger charge is -2.21. The first-order valence-electron chi connectivity index (χ1n) is 10.2. The van der Waals surface area contributed by atoms with E-state index >= 15 is 0 Å². The molecule has 14 heteroatoms. The van der Waals surface area contributed by atoms with Gasteiger partial charge < -0.3 is 5.73 Å². The summed E-state index contributed by atoms with van der Waals surface area (Å²) in [5, 5.41) is -0.247. The topological polar surface area (TPSA) is 174 Å². The molecule has 0 unspecified atom stereocenters. The van der Waals surface area contributed by atoms with Gasteiger partial charge in [0.05, 0.1) is 24.2 Å². The average molecular weight is 531 g/mol. The molecule has 34 heavy (non-hydrogen) atoms. The molecule has 1 aromatic heterocycles. The average Bonchev–Trinajstić information content (AvgIpc) is 3.17. The summed E-state index contributed by atoms with van der Waals surface area (Å²) in [6, 6.07) is 6.04. The third kappa shape index (κ3) is 7.16. The number of anilines is 2. The fourth-order valence-corrected chi connectivity index (χ4v) is 5.61. The molecule has 1 aromatic carbocycles.